The number of hydrogen-bond donors (Lipinski definition) is 2. The summed E-state index contributed by atoms with van der Waals surface area (Å²) in [4.78, 5) is 37.5. The van der Waals surface area contributed by atoms with E-state index in [9.17, 15) is 14.4 Å². The number of ether oxygens (including phenoxy) is 2. The number of carbonyl (C=O) groups excluding carboxylic acids is 3. The number of hydrogen-bond acceptors (Lipinski definition) is 6. The van der Waals surface area contributed by atoms with Gasteiger partial charge in [0.15, 0.2) is 11.5 Å². The largest absolute Gasteiger partial charge is 0.493 e. The molecule has 0 aliphatic carbocycles. The molecule has 2 amide bonds. The van der Waals surface area contributed by atoms with Crippen molar-refractivity contribution in [2.75, 3.05) is 12.4 Å². The fourth-order valence-corrected chi connectivity index (χ4v) is 3.73. The number of benzene rings is 4. The van der Waals surface area contributed by atoms with Crippen LogP contribution in [0.25, 0.3) is 0 Å². The molecule has 0 aliphatic heterocycles. The predicted molar refractivity (Wildman–Crippen MR) is 153 cm³/mol. The van der Waals surface area contributed by atoms with Gasteiger partial charge in [0, 0.05) is 21.3 Å². The van der Waals surface area contributed by atoms with Crippen molar-refractivity contribution in [2.45, 2.75) is 6.92 Å². The molecule has 0 fully saturated rings. The van der Waals surface area contributed by atoms with Crippen molar-refractivity contribution >= 4 is 45.6 Å². The molecule has 0 atom stereocenters. The fraction of sp³-hybridized carbons (Fsp3) is 0.0667. The third-order valence-electron chi connectivity index (χ3n) is 5.55. The van der Waals surface area contributed by atoms with Gasteiger partial charge < -0.3 is 14.8 Å². The molecule has 0 aromatic heterocycles. The first-order chi connectivity index (χ1) is 18.8. The monoisotopic (exact) mass is 585 g/mol. The molecule has 0 bridgehead atoms. The zero-order chi connectivity index (χ0) is 27.8. The highest BCUT2D eigenvalue weighted by Gasteiger charge is 2.13. The summed E-state index contributed by atoms with van der Waals surface area (Å²) >= 11 is 3.33. The van der Waals surface area contributed by atoms with Crippen LogP contribution in [-0.4, -0.2) is 31.1 Å². The Labute approximate surface area is 233 Å². The SMILES string of the molecule is COc1cc(C=NNC(=O)c2cccc(NC(=O)c3ccc(C)cc3)c2)ccc1OC(=O)c1ccc(Br)cc1. The number of aryl methyl sites for hydroxylation is 1. The van der Waals surface area contributed by atoms with E-state index >= 15 is 0 Å². The number of anilines is 1. The lowest BCUT2D eigenvalue weighted by atomic mass is 10.1. The summed E-state index contributed by atoms with van der Waals surface area (Å²) < 4.78 is 11.7. The highest BCUT2D eigenvalue weighted by atomic mass is 79.9. The van der Waals surface area contributed by atoms with Crippen molar-refractivity contribution in [3.63, 3.8) is 0 Å². The maximum atomic E-state index is 12.6. The van der Waals surface area contributed by atoms with Crippen LogP contribution in [0, 0.1) is 6.92 Å². The number of rotatable bonds is 8. The number of methoxy groups -OCH3 is 1. The van der Waals surface area contributed by atoms with E-state index in [0.29, 0.717) is 33.7 Å². The molecule has 9 heteroatoms. The Hall–Kier alpha value is -4.76. The Morgan fingerprint density at radius 2 is 1.51 bits per heavy atom. The quantitative estimate of drug-likeness (QED) is 0.114. The van der Waals surface area contributed by atoms with Crippen LogP contribution in [-0.2, 0) is 0 Å². The minimum atomic E-state index is -0.522. The van der Waals surface area contributed by atoms with Crippen LogP contribution in [0.1, 0.15) is 42.2 Å². The van der Waals surface area contributed by atoms with Crippen LogP contribution >= 0.6 is 15.9 Å². The molecule has 39 heavy (non-hydrogen) atoms. The van der Waals surface area contributed by atoms with Crippen LogP contribution in [0.4, 0.5) is 5.69 Å². The second-order valence-corrected chi connectivity index (χ2v) is 9.32. The third kappa shape index (κ3) is 7.39. The standard InChI is InChI=1S/C30H24BrN3O5/c1-19-6-9-21(10-7-19)28(35)33-25-5-3-4-23(17-25)29(36)34-32-18-20-8-15-26(27(16-20)38-2)39-30(37)22-11-13-24(31)14-12-22/h3-18H,1-2H3,(H,33,35)(H,34,36). The zero-order valence-corrected chi connectivity index (χ0v) is 22.7. The molecule has 2 N–H and O–H groups in total. The normalized spacial score (nSPS) is 10.6. The molecular weight excluding hydrogens is 562 g/mol. The van der Waals surface area contributed by atoms with Gasteiger partial charge >= 0.3 is 5.97 Å². The van der Waals surface area contributed by atoms with Crippen molar-refractivity contribution in [3.8, 4) is 11.5 Å². The Balaban J connectivity index is 1.37. The zero-order valence-electron chi connectivity index (χ0n) is 21.1. The van der Waals surface area contributed by atoms with Crippen molar-refractivity contribution in [2.24, 2.45) is 5.10 Å². The van der Waals surface area contributed by atoms with Gasteiger partial charge in [-0.15, -0.1) is 0 Å². The molecule has 0 spiro atoms. The number of carbonyl (C=O) groups is 3. The number of halogens is 1. The highest BCUT2D eigenvalue weighted by molar-refractivity contribution is 9.10. The van der Waals surface area contributed by atoms with Gasteiger partial charge in [-0.05, 0) is 85.3 Å². The summed E-state index contributed by atoms with van der Waals surface area (Å²) in [5, 5.41) is 6.80. The summed E-state index contributed by atoms with van der Waals surface area (Å²) in [5.74, 6) is -0.675. The fourth-order valence-electron chi connectivity index (χ4n) is 3.47. The molecular formula is C30H24BrN3O5. The number of amides is 2. The van der Waals surface area contributed by atoms with Crippen molar-refractivity contribution in [1.29, 1.82) is 0 Å². The van der Waals surface area contributed by atoms with Crippen LogP contribution in [0.5, 0.6) is 11.5 Å². The van der Waals surface area contributed by atoms with Crippen LogP contribution < -0.4 is 20.2 Å². The number of nitrogens with one attached hydrogen (secondary N) is 2. The summed E-state index contributed by atoms with van der Waals surface area (Å²) in [6.07, 6.45) is 1.43. The minimum Gasteiger partial charge on any atom is -0.493 e. The summed E-state index contributed by atoms with van der Waals surface area (Å²) in [6, 6.07) is 25.4. The van der Waals surface area contributed by atoms with E-state index in [1.54, 1.807) is 78.9 Å². The Morgan fingerprint density at radius 1 is 0.795 bits per heavy atom. The Morgan fingerprint density at radius 3 is 2.23 bits per heavy atom. The number of nitrogens with zero attached hydrogens (tertiary/aromatic N) is 1. The molecule has 0 radical (unpaired) electrons. The number of esters is 1. The molecule has 196 valence electrons. The topological polar surface area (TPSA) is 106 Å². The molecule has 0 saturated carbocycles. The van der Waals surface area contributed by atoms with E-state index in [0.717, 1.165) is 10.0 Å². The van der Waals surface area contributed by atoms with Gasteiger partial charge in [0.1, 0.15) is 0 Å². The summed E-state index contributed by atoms with van der Waals surface area (Å²) in [6.45, 7) is 1.95. The van der Waals surface area contributed by atoms with E-state index in [2.05, 4.69) is 31.8 Å². The summed E-state index contributed by atoms with van der Waals surface area (Å²) in [5.41, 5.74) is 5.84. The third-order valence-corrected chi connectivity index (χ3v) is 6.08. The molecule has 8 nitrogen and oxygen atoms in total. The molecule has 0 unspecified atom stereocenters. The average Bonchev–Trinajstić information content (AvgIpc) is 2.94. The van der Waals surface area contributed by atoms with Crippen LogP contribution in [0.15, 0.2) is 101 Å². The maximum absolute atomic E-state index is 12.6. The van der Waals surface area contributed by atoms with Gasteiger partial charge in [-0.25, -0.2) is 10.2 Å². The molecule has 4 rings (SSSR count). The lowest BCUT2D eigenvalue weighted by molar-refractivity contribution is 0.0729. The van der Waals surface area contributed by atoms with Gasteiger partial charge in [0.25, 0.3) is 11.8 Å². The second kappa shape index (κ2) is 12.7. The molecule has 0 aliphatic rings. The van der Waals surface area contributed by atoms with Gasteiger partial charge in [0.05, 0.1) is 18.9 Å². The first-order valence-corrected chi connectivity index (χ1v) is 12.6. The van der Waals surface area contributed by atoms with Crippen molar-refractivity contribution in [1.82, 2.24) is 5.43 Å². The first-order valence-electron chi connectivity index (χ1n) is 11.8. The predicted octanol–water partition coefficient (Wildman–Crippen LogP) is 6.00. The van der Waals surface area contributed by atoms with E-state index in [1.165, 1.54) is 13.3 Å². The Kier molecular flexibility index (Phi) is 8.86. The Bertz CT molecular complexity index is 1530. The lowest BCUT2D eigenvalue weighted by Crippen LogP contribution is -2.18. The van der Waals surface area contributed by atoms with Crippen LogP contribution in [0.2, 0.25) is 0 Å². The first kappa shape index (κ1) is 27.3. The smallest absolute Gasteiger partial charge is 0.343 e. The number of hydrazone groups is 1. The van der Waals surface area contributed by atoms with Crippen LogP contribution in [0.3, 0.4) is 0 Å². The van der Waals surface area contributed by atoms with Gasteiger partial charge in [-0.1, -0.05) is 39.7 Å². The van der Waals surface area contributed by atoms with Gasteiger partial charge in [-0.2, -0.15) is 5.10 Å². The molecule has 0 saturated heterocycles. The van der Waals surface area contributed by atoms with Crippen molar-refractivity contribution < 1.29 is 23.9 Å². The highest BCUT2D eigenvalue weighted by Crippen LogP contribution is 2.28. The van der Waals surface area contributed by atoms with Crippen molar-refractivity contribution in [3.05, 3.63) is 123 Å². The average molecular weight is 586 g/mol. The molecule has 0 heterocycles. The lowest BCUT2D eigenvalue weighted by Gasteiger charge is -2.10. The minimum absolute atomic E-state index is 0.246. The molecule has 4 aromatic rings. The van der Waals surface area contributed by atoms with Gasteiger partial charge in [0.2, 0.25) is 0 Å². The van der Waals surface area contributed by atoms with E-state index in [-0.39, 0.29) is 11.7 Å². The maximum Gasteiger partial charge on any atom is 0.343 e. The van der Waals surface area contributed by atoms with Gasteiger partial charge in [-0.3, -0.25) is 9.59 Å². The second-order valence-electron chi connectivity index (χ2n) is 8.41. The van der Waals surface area contributed by atoms with E-state index < -0.39 is 11.9 Å². The van der Waals surface area contributed by atoms with E-state index in [1.807, 2.05) is 19.1 Å². The van der Waals surface area contributed by atoms with E-state index in [4.69, 9.17) is 9.47 Å². The summed E-state index contributed by atoms with van der Waals surface area (Å²) in [7, 11) is 1.46. The molecule has 4 aromatic carbocycles.